The lowest BCUT2D eigenvalue weighted by atomic mass is 10.1. The zero-order chi connectivity index (χ0) is 13.6. The van der Waals surface area contributed by atoms with Gasteiger partial charge in [-0.15, -0.1) is 10.2 Å². The fraction of sp³-hybridized carbons (Fsp3) is 0.727. The summed E-state index contributed by atoms with van der Waals surface area (Å²) in [6.45, 7) is 8.32. The maximum Gasteiger partial charge on any atom is 0.326 e. The van der Waals surface area contributed by atoms with Crippen LogP contribution < -0.4 is 5.32 Å². The summed E-state index contributed by atoms with van der Waals surface area (Å²) in [5.74, 6) is 0.718. The Hall–Kier alpha value is -1.08. The van der Waals surface area contributed by atoms with Crippen molar-refractivity contribution in [2.24, 2.45) is 0 Å². The van der Waals surface area contributed by atoms with Crippen LogP contribution in [0.15, 0.2) is 9.64 Å². The number of thioether (sulfide) groups is 1. The van der Waals surface area contributed by atoms with Crippen molar-refractivity contribution in [2.45, 2.75) is 38.5 Å². The molecule has 1 rings (SSSR count). The first-order valence-corrected chi connectivity index (χ1v) is 6.85. The van der Waals surface area contributed by atoms with Gasteiger partial charge >= 0.3 is 5.97 Å². The van der Waals surface area contributed by atoms with Gasteiger partial charge in [0.1, 0.15) is 5.54 Å². The van der Waals surface area contributed by atoms with Gasteiger partial charge in [-0.1, -0.05) is 18.7 Å². The highest BCUT2D eigenvalue weighted by molar-refractivity contribution is 7.99. The van der Waals surface area contributed by atoms with E-state index in [9.17, 15) is 4.79 Å². The third kappa shape index (κ3) is 3.99. The SMILES string of the molecule is CCNC(C)(CSc1nnc(C)o1)C(=O)OCC. The number of aromatic nitrogens is 2. The van der Waals surface area contributed by atoms with E-state index in [1.54, 1.807) is 13.8 Å². The minimum absolute atomic E-state index is 0.268. The molecular formula is C11H19N3O3S. The molecule has 0 bridgehead atoms. The Labute approximate surface area is 111 Å². The molecular weight excluding hydrogens is 254 g/mol. The molecule has 0 aliphatic heterocycles. The molecule has 0 aliphatic carbocycles. The number of carbonyl (C=O) groups is 1. The largest absolute Gasteiger partial charge is 0.465 e. The maximum atomic E-state index is 11.9. The number of ether oxygens (including phenoxy) is 1. The summed E-state index contributed by atoms with van der Waals surface area (Å²) < 4.78 is 10.3. The zero-order valence-electron chi connectivity index (χ0n) is 11.1. The van der Waals surface area contributed by atoms with Crippen molar-refractivity contribution in [3.8, 4) is 0 Å². The first kappa shape index (κ1) is 15.0. The Kier molecular flexibility index (Phi) is 5.61. The second kappa shape index (κ2) is 6.75. The topological polar surface area (TPSA) is 77.3 Å². The Morgan fingerprint density at radius 1 is 1.50 bits per heavy atom. The molecule has 1 heterocycles. The molecule has 18 heavy (non-hydrogen) atoms. The van der Waals surface area contributed by atoms with Gasteiger partial charge in [-0.05, 0) is 20.4 Å². The fourth-order valence-electron chi connectivity index (χ4n) is 1.41. The van der Waals surface area contributed by atoms with Gasteiger partial charge in [0.2, 0.25) is 5.89 Å². The molecule has 0 saturated carbocycles. The number of likely N-dealkylation sites (N-methyl/N-ethyl adjacent to an activating group) is 1. The molecule has 102 valence electrons. The van der Waals surface area contributed by atoms with Gasteiger partial charge in [0.25, 0.3) is 5.22 Å². The summed E-state index contributed by atoms with van der Waals surface area (Å²) in [7, 11) is 0. The lowest BCUT2D eigenvalue weighted by Crippen LogP contribution is -2.52. The van der Waals surface area contributed by atoms with Crippen molar-refractivity contribution >= 4 is 17.7 Å². The van der Waals surface area contributed by atoms with Gasteiger partial charge in [-0.25, -0.2) is 0 Å². The Morgan fingerprint density at radius 2 is 2.22 bits per heavy atom. The predicted octanol–water partition coefficient (Wildman–Crippen LogP) is 1.40. The maximum absolute atomic E-state index is 11.9. The van der Waals surface area contributed by atoms with Gasteiger partial charge in [-0.2, -0.15) is 0 Å². The lowest BCUT2D eigenvalue weighted by Gasteiger charge is -2.26. The highest BCUT2D eigenvalue weighted by Crippen LogP contribution is 2.22. The van der Waals surface area contributed by atoms with Gasteiger partial charge in [0.15, 0.2) is 0 Å². The molecule has 0 aliphatic rings. The summed E-state index contributed by atoms with van der Waals surface area (Å²) in [6, 6.07) is 0. The van der Waals surface area contributed by atoms with E-state index in [4.69, 9.17) is 9.15 Å². The molecule has 1 aromatic rings. The standard InChI is InChI=1S/C11H19N3O3S/c1-5-12-11(4,9(15)16-6-2)7-18-10-14-13-8(3)17-10/h12H,5-7H2,1-4H3. The second-order valence-corrected chi connectivity index (χ2v) is 4.89. The van der Waals surface area contributed by atoms with E-state index in [1.165, 1.54) is 11.8 Å². The molecule has 0 aromatic carbocycles. The van der Waals surface area contributed by atoms with E-state index in [2.05, 4.69) is 15.5 Å². The minimum Gasteiger partial charge on any atom is -0.465 e. The Bertz CT molecular complexity index is 397. The van der Waals surface area contributed by atoms with Gasteiger partial charge in [-0.3, -0.25) is 4.79 Å². The normalized spacial score (nSPS) is 14.2. The molecule has 0 fully saturated rings. The number of nitrogens with one attached hydrogen (secondary N) is 1. The highest BCUT2D eigenvalue weighted by atomic mass is 32.2. The average molecular weight is 273 g/mol. The first-order chi connectivity index (χ1) is 8.51. The number of rotatable bonds is 7. The summed E-state index contributed by atoms with van der Waals surface area (Å²) in [4.78, 5) is 11.9. The van der Waals surface area contributed by atoms with Gasteiger partial charge in [0.05, 0.1) is 6.61 Å². The molecule has 0 saturated heterocycles. The van der Waals surface area contributed by atoms with E-state index in [0.29, 0.717) is 30.0 Å². The van der Waals surface area contributed by atoms with E-state index in [-0.39, 0.29) is 5.97 Å². The molecule has 1 N–H and O–H groups in total. The minimum atomic E-state index is -0.752. The Balaban J connectivity index is 2.64. The molecule has 6 nitrogen and oxygen atoms in total. The third-order valence-electron chi connectivity index (χ3n) is 2.28. The van der Waals surface area contributed by atoms with Crippen LogP contribution in [-0.2, 0) is 9.53 Å². The van der Waals surface area contributed by atoms with Crippen molar-refractivity contribution in [3.05, 3.63) is 5.89 Å². The fourth-order valence-corrected chi connectivity index (χ4v) is 2.32. The van der Waals surface area contributed by atoms with Crippen molar-refractivity contribution in [1.29, 1.82) is 0 Å². The van der Waals surface area contributed by atoms with Crippen molar-refractivity contribution in [2.75, 3.05) is 18.9 Å². The molecule has 0 spiro atoms. The van der Waals surface area contributed by atoms with Crippen LogP contribution in [0.5, 0.6) is 0 Å². The second-order valence-electron chi connectivity index (χ2n) is 3.96. The van der Waals surface area contributed by atoms with Crippen LogP contribution in [0, 0.1) is 6.92 Å². The molecule has 1 atom stereocenters. The lowest BCUT2D eigenvalue weighted by molar-refractivity contribution is -0.149. The van der Waals surface area contributed by atoms with Crippen LogP contribution in [0.2, 0.25) is 0 Å². The van der Waals surface area contributed by atoms with Gasteiger partial charge in [0, 0.05) is 12.7 Å². The van der Waals surface area contributed by atoms with Crippen LogP contribution in [-0.4, -0.2) is 40.6 Å². The van der Waals surface area contributed by atoms with Crippen LogP contribution in [0.3, 0.4) is 0 Å². The predicted molar refractivity (Wildman–Crippen MR) is 68.5 cm³/mol. The Morgan fingerprint density at radius 3 is 2.72 bits per heavy atom. The number of nitrogens with zero attached hydrogens (tertiary/aromatic N) is 2. The van der Waals surface area contributed by atoms with E-state index in [0.717, 1.165) is 0 Å². The molecule has 7 heteroatoms. The first-order valence-electron chi connectivity index (χ1n) is 5.87. The number of carbonyl (C=O) groups excluding carboxylic acids is 1. The van der Waals surface area contributed by atoms with Crippen LogP contribution in [0.25, 0.3) is 0 Å². The molecule has 0 amide bonds. The third-order valence-corrected chi connectivity index (χ3v) is 3.42. The average Bonchev–Trinajstić information content (AvgIpc) is 2.73. The van der Waals surface area contributed by atoms with Crippen LogP contribution in [0.1, 0.15) is 26.7 Å². The van der Waals surface area contributed by atoms with Crippen molar-refractivity contribution < 1.29 is 13.9 Å². The van der Waals surface area contributed by atoms with E-state index < -0.39 is 5.54 Å². The zero-order valence-corrected chi connectivity index (χ0v) is 12.0. The van der Waals surface area contributed by atoms with Crippen LogP contribution in [0.4, 0.5) is 0 Å². The highest BCUT2D eigenvalue weighted by Gasteiger charge is 2.34. The van der Waals surface area contributed by atoms with Crippen LogP contribution >= 0.6 is 11.8 Å². The van der Waals surface area contributed by atoms with Crippen molar-refractivity contribution in [3.63, 3.8) is 0 Å². The summed E-state index contributed by atoms with van der Waals surface area (Å²) in [5, 5.41) is 11.2. The van der Waals surface area contributed by atoms with E-state index >= 15 is 0 Å². The number of hydrogen-bond donors (Lipinski definition) is 1. The van der Waals surface area contributed by atoms with Gasteiger partial charge < -0.3 is 14.5 Å². The molecule has 1 unspecified atom stereocenters. The summed E-state index contributed by atoms with van der Waals surface area (Å²) in [6.07, 6.45) is 0. The smallest absolute Gasteiger partial charge is 0.326 e. The number of aryl methyl sites for hydroxylation is 1. The monoisotopic (exact) mass is 273 g/mol. The molecule has 1 aromatic heterocycles. The summed E-state index contributed by atoms with van der Waals surface area (Å²) >= 11 is 1.34. The number of esters is 1. The van der Waals surface area contributed by atoms with E-state index in [1.807, 2.05) is 13.8 Å². The molecule has 0 radical (unpaired) electrons. The summed E-state index contributed by atoms with van der Waals surface area (Å²) in [5.41, 5.74) is -0.752. The quantitative estimate of drug-likeness (QED) is 0.594. The number of hydrogen-bond acceptors (Lipinski definition) is 7. The van der Waals surface area contributed by atoms with Crippen molar-refractivity contribution in [1.82, 2.24) is 15.5 Å².